The van der Waals surface area contributed by atoms with Gasteiger partial charge in [-0.3, -0.25) is 4.79 Å². The molecule has 0 aromatic heterocycles. The Morgan fingerprint density at radius 1 is 0.625 bits per heavy atom. The molecular weight excluding hydrogens is 296 g/mol. The summed E-state index contributed by atoms with van der Waals surface area (Å²) in [5.41, 5.74) is 0. The third kappa shape index (κ3) is 20.9. The van der Waals surface area contributed by atoms with Crippen LogP contribution in [0.1, 0.15) is 110 Å². The van der Waals surface area contributed by atoms with Gasteiger partial charge < -0.3 is 5.11 Å². The Hall–Kier alpha value is -1.05. The van der Waals surface area contributed by atoms with Crippen molar-refractivity contribution < 1.29 is 9.90 Å². The molecule has 0 saturated carbocycles. The van der Waals surface area contributed by atoms with Crippen LogP contribution in [0.2, 0.25) is 0 Å². The molecule has 2 heteroatoms. The van der Waals surface area contributed by atoms with Crippen molar-refractivity contribution in [3.8, 4) is 0 Å². The van der Waals surface area contributed by atoms with E-state index in [1.807, 2.05) is 0 Å². The molecule has 0 radical (unpaired) electrons. The molecule has 0 heterocycles. The maximum Gasteiger partial charge on any atom is 0.303 e. The zero-order chi connectivity index (χ0) is 17.7. The first-order chi connectivity index (χ1) is 11.8. The minimum absolute atomic E-state index is 0.306. The average molecular weight is 337 g/mol. The molecule has 0 spiro atoms. The van der Waals surface area contributed by atoms with E-state index < -0.39 is 5.97 Å². The molecule has 0 rings (SSSR count). The van der Waals surface area contributed by atoms with Gasteiger partial charge in [0.2, 0.25) is 0 Å². The molecule has 0 aromatic carbocycles. The third-order valence-electron chi connectivity index (χ3n) is 4.31. The number of carboxylic acid groups (broad SMARTS) is 1. The van der Waals surface area contributed by atoms with Gasteiger partial charge in [-0.25, -0.2) is 0 Å². The SMILES string of the molecule is CCCCCCCC/C=C\CCCCC/C=C\CCCCC(=O)O. The van der Waals surface area contributed by atoms with Crippen molar-refractivity contribution in [2.24, 2.45) is 0 Å². The molecule has 1 N–H and O–H groups in total. The van der Waals surface area contributed by atoms with Gasteiger partial charge >= 0.3 is 5.97 Å². The Morgan fingerprint density at radius 3 is 1.46 bits per heavy atom. The van der Waals surface area contributed by atoms with E-state index in [-0.39, 0.29) is 0 Å². The minimum Gasteiger partial charge on any atom is -0.481 e. The fourth-order valence-corrected chi connectivity index (χ4v) is 2.75. The van der Waals surface area contributed by atoms with E-state index in [1.54, 1.807) is 0 Å². The number of allylic oxidation sites excluding steroid dienone is 4. The van der Waals surface area contributed by atoms with Gasteiger partial charge in [-0.05, 0) is 57.8 Å². The van der Waals surface area contributed by atoms with Gasteiger partial charge in [0.05, 0.1) is 0 Å². The molecule has 0 bridgehead atoms. The molecule has 24 heavy (non-hydrogen) atoms. The van der Waals surface area contributed by atoms with Crippen molar-refractivity contribution in [1.29, 1.82) is 0 Å². The lowest BCUT2D eigenvalue weighted by molar-refractivity contribution is -0.137. The van der Waals surface area contributed by atoms with Crippen LogP contribution in [-0.2, 0) is 4.79 Å². The lowest BCUT2D eigenvalue weighted by Crippen LogP contribution is -1.92. The Bertz CT molecular complexity index is 318. The molecule has 0 atom stereocenters. The standard InChI is InChI=1S/C22H40O2/c1-2-3-4-5-6-7-8-9-10-11-12-13-14-15-16-17-18-19-20-21-22(23)24/h9-10,16-17H,2-8,11-15,18-21H2,1H3,(H,23,24)/b10-9-,17-16-. The van der Waals surface area contributed by atoms with Crippen LogP contribution in [0.15, 0.2) is 24.3 Å². The second-order valence-electron chi connectivity index (χ2n) is 6.78. The molecule has 0 aromatic rings. The van der Waals surface area contributed by atoms with Crippen LogP contribution in [0.25, 0.3) is 0 Å². The predicted octanol–water partition coefficient (Wildman–Crippen LogP) is 7.44. The molecule has 2 nitrogen and oxygen atoms in total. The minimum atomic E-state index is -0.681. The van der Waals surface area contributed by atoms with Gasteiger partial charge in [0.25, 0.3) is 0 Å². The topological polar surface area (TPSA) is 37.3 Å². The van der Waals surface area contributed by atoms with Crippen LogP contribution in [0.4, 0.5) is 0 Å². The Labute approximate surface area is 150 Å². The molecule has 0 aliphatic heterocycles. The highest BCUT2D eigenvalue weighted by atomic mass is 16.4. The summed E-state index contributed by atoms with van der Waals surface area (Å²) in [7, 11) is 0. The monoisotopic (exact) mass is 336 g/mol. The van der Waals surface area contributed by atoms with E-state index in [2.05, 4.69) is 31.2 Å². The maximum absolute atomic E-state index is 10.4. The van der Waals surface area contributed by atoms with Crippen molar-refractivity contribution >= 4 is 5.97 Å². The lowest BCUT2D eigenvalue weighted by atomic mass is 10.1. The number of rotatable bonds is 18. The number of carboxylic acids is 1. The first-order valence-corrected chi connectivity index (χ1v) is 10.3. The van der Waals surface area contributed by atoms with E-state index in [0.29, 0.717) is 6.42 Å². The van der Waals surface area contributed by atoms with Crippen LogP contribution in [0.5, 0.6) is 0 Å². The van der Waals surface area contributed by atoms with Crippen molar-refractivity contribution in [2.75, 3.05) is 0 Å². The molecule has 0 unspecified atom stereocenters. The normalized spacial score (nSPS) is 11.7. The molecule has 0 fully saturated rings. The van der Waals surface area contributed by atoms with Crippen molar-refractivity contribution in [3.63, 3.8) is 0 Å². The van der Waals surface area contributed by atoms with Gasteiger partial charge in [0.15, 0.2) is 0 Å². The highest BCUT2D eigenvalue weighted by Crippen LogP contribution is 2.09. The van der Waals surface area contributed by atoms with Gasteiger partial charge in [-0.15, -0.1) is 0 Å². The quantitative estimate of drug-likeness (QED) is 0.208. The number of aliphatic carboxylic acids is 1. The summed E-state index contributed by atoms with van der Waals surface area (Å²) in [5, 5.41) is 8.53. The summed E-state index contributed by atoms with van der Waals surface area (Å²) in [5.74, 6) is -0.681. The van der Waals surface area contributed by atoms with E-state index in [4.69, 9.17) is 5.11 Å². The molecule has 0 aliphatic carbocycles. The van der Waals surface area contributed by atoms with Crippen molar-refractivity contribution in [2.45, 2.75) is 110 Å². The second-order valence-corrected chi connectivity index (χ2v) is 6.78. The van der Waals surface area contributed by atoms with E-state index in [1.165, 1.54) is 77.0 Å². The number of carbonyl (C=O) groups is 1. The van der Waals surface area contributed by atoms with E-state index in [9.17, 15) is 4.79 Å². The van der Waals surface area contributed by atoms with Gasteiger partial charge in [-0.1, -0.05) is 69.8 Å². The van der Waals surface area contributed by atoms with Gasteiger partial charge in [-0.2, -0.15) is 0 Å². The molecule has 0 amide bonds. The molecular formula is C22H40O2. The average Bonchev–Trinajstić information content (AvgIpc) is 2.56. The first kappa shape index (κ1) is 22.9. The van der Waals surface area contributed by atoms with E-state index >= 15 is 0 Å². The van der Waals surface area contributed by atoms with Crippen LogP contribution < -0.4 is 0 Å². The molecule has 0 saturated heterocycles. The summed E-state index contributed by atoms with van der Waals surface area (Å²) >= 11 is 0. The number of unbranched alkanes of at least 4 members (excludes halogenated alkanes) is 12. The van der Waals surface area contributed by atoms with Crippen molar-refractivity contribution in [3.05, 3.63) is 24.3 Å². The van der Waals surface area contributed by atoms with Crippen LogP contribution in [0, 0.1) is 0 Å². The Balaban J connectivity index is 3.16. The summed E-state index contributed by atoms with van der Waals surface area (Å²) in [4.78, 5) is 10.4. The Kier molecular flexibility index (Phi) is 19.1. The number of hydrogen-bond donors (Lipinski definition) is 1. The predicted molar refractivity (Wildman–Crippen MR) is 105 cm³/mol. The zero-order valence-electron chi connectivity index (χ0n) is 16.0. The fourth-order valence-electron chi connectivity index (χ4n) is 2.75. The largest absolute Gasteiger partial charge is 0.481 e. The van der Waals surface area contributed by atoms with Gasteiger partial charge in [0, 0.05) is 6.42 Å². The number of hydrogen-bond acceptors (Lipinski definition) is 1. The second kappa shape index (κ2) is 20.0. The maximum atomic E-state index is 10.4. The van der Waals surface area contributed by atoms with Crippen LogP contribution in [0.3, 0.4) is 0 Å². The third-order valence-corrected chi connectivity index (χ3v) is 4.31. The zero-order valence-corrected chi connectivity index (χ0v) is 16.0. The van der Waals surface area contributed by atoms with Crippen LogP contribution >= 0.6 is 0 Å². The highest BCUT2D eigenvalue weighted by Gasteiger charge is 1.94. The summed E-state index contributed by atoms with van der Waals surface area (Å²) in [6.45, 7) is 2.27. The van der Waals surface area contributed by atoms with Crippen LogP contribution in [-0.4, -0.2) is 11.1 Å². The summed E-state index contributed by atoms with van der Waals surface area (Å²) in [6, 6.07) is 0. The highest BCUT2D eigenvalue weighted by molar-refractivity contribution is 5.66. The first-order valence-electron chi connectivity index (χ1n) is 10.3. The molecule has 0 aliphatic rings. The summed E-state index contributed by atoms with van der Waals surface area (Å²) < 4.78 is 0. The van der Waals surface area contributed by atoms with Gasteiger partial charge in [0.1, 0.15) is 0 Å². The van der Waals surface area contributed by atoms with Crippen molar-refractivity contribution in [1.82, 2.24) is 0 Å². The Morgan fingerprint density at radius 2 is 1.00 bits per heavy atom. The molecule has 140 valence electrons. The lowest BCUT2D eigenvalue weighted by Gasteiger charge is -1.98. The van der Waals surface area contributed by atoms with E-state index in [0.717, 1.165) is 19.3 Å². The fraction of sp³-hybridized carbons (Fsp3) is 0.773. The smallest absolute Gasteiger partial charge is 0.303 e. The summed E-state index contributed by atoms with van der Waals surface area (Å²) in [6.07, 6.45) is 28.2.